The molecular formula is C11H22N2O4S. The fourth-order valence-corrected chi connectivity index (χ4v) is 3.02. The van der Waals surface area contributed by atoms with Gasteiger partial charge >= 0.3 is 5.97 Å². The van der Waals surface area contributed by atoms with Crippen LogP contribution in [0.5, 0.6) is 0 Å². The van der Waals surface area contributed by atoms with Gasteiger partial charge in [-0.25, -0.2) is 13.1 Å². The molecule has 1 heterocycles. The lowest BCUT2D eigenvalue weighted by Gasteiger charge is -2.14. The van der Waals surface area contributed by atoms with Crippen LogP contribution in [0.2, 0.25) is 0 Å². The summed E-state index contributed by atoms with van der Waals surface area (Å²) in [5, 5.41) is 0. The highest BCUT2D eigenvalue weighted by molar-refractivity contribution is 7.89. The van der Waals surface area contributed by atoms with E-state index in [1.54, 1.807) is 0 Å². The summed E-state index contributed by atoms with van der Waals surface area (Å²) in [5.74, 6) is -0.399. The van der Waals surface area contributed by atoms with Crippen LogP contribution in [0.3, 0.4) is 0 Å². The average molecular weight is 278 g/mol. The molecule has 0 unspecified atom stereocenters. The Hall–Kier alpha value is -0.660. The van der Waals surface area contributed by atoms with Gasteiger partial charge in [0.15, 0.2) is 0 Å². The summed E-state index contributed by atoms with van der Waals surface area (Å²) in [7, 11) is -1.96. The molecule has 1 aliphatic heterocycles. The predicted molar refractivity (Wildman–Crippen MR) is 68.7 cm³/mol. The molecule has 0 aliphatic carbocycles. The summed E-state index contributed by atoms with van der Waals surface area (Å²) in [6, 6.07) is 0. The van der Waals surface area contributed by atoms with E-state index in [-0.39, 0.29) is 18.1 Å². The van der Waals surface area contributed by atoms with E-state index >= 15 is 0 Å². The number of hydrogen-bond donors (Lipinski definition) is 1. The molecular weight excluding hydrogens is 256 g/mol. The van der Waals surface area contributed by atoms with Crippen molar-refractivity contribution in [2.75, 3.05) is 39.0 Å². The quantitative estimate of drug-likeness (QED) is 0.630. The number of carbonyl (C=O) groups is 1. The highest BCUT2D eigenvalue weighted by Gasteiger charge is 2.14. The van der Waals surface area contributed by atoms with Gasteiger partial charge in [0.25, 0.3) is 0 Å². The molecule has 6 nitrogen and oxygen atoms in total. The van der Waals surface area contributed by atoms with Gasteiger partial charge in [0.05, 0.1) is 12.9 Å². The number of ether oxygens (including phenoxy) is 1. The molecule has 18 heavy (non-hydrogen) atoms. The van der Waals surface area contributed by atoms with Crippen molar-refractivity contribution >= 4 is 16.0 Å². The van der Waals surface area contributed by atoms with Crippen LogP contribution in [-0.4, -0.2) is 58.3 Å². The molecule has 1 fully saturated rings. The van der Waals surface area contributed by atoms with Gasteiger partial charge in [-0.1, -0.05) is 0 Å². The van der Waals surface area contributed by atoms with Crippen LogP contribution >= 0.6 is 0 Å². The van der Waals surface area contributed by atoms with Gasteiger partial charge in [-0.05, 0) is 32.4 Å². The molecule has 0 spiro atoms. The fourth-order valence-electron chi connectivity index (χ4n) is 1.95. The number of sulfonamides is 1. The van der Waals surface area contributed by atoms with Crippen LogP contribution in [-0.2, 0) is 19.6 Å². The van der Waals surface area contributed by atoms with Crippen molar-refractivity contribution in [2.24, 2.45) is 0 Å². The van der Waals surface area contributed by atoms with E-state index in [9.17, 15) is 13.2 Å². The third-order valence-corrected chi connectivity index (χ3v) is 4.44. The van der Waals surface area contributed by atoms with E-state index in [1.807, 2.05) is 0 Å². The minimum Gasteiger partial charge on any atom is -0.469 e. The summed E-state index contributed by atoms with van der Waals surface area (Å²) in [4.78, 5) is 13.1. The van der Waals surface area contributed by atoms with Crippen molar-refractivity contribution < 1.29 is 17.9 Å². The lowest BCUT2D eigenvalue weighted by atomic mass is 10.3. The zero-order valence-electron chi connectivity index (χ0n) is 10.9. The molecule has 0 amide bonds. The Balaban J connectivity index is 2.12. The second kappa shape index (κ2) is 7.70. The van der Waals surface area contributed by atoms with Crippen LogP contribution in [0.4, 0.5) is 0 Å². The SMILES string of the molecule is COC(=O)CCCS(=O)(=O)NCCN1CCCC1. The van der Waals surface area contributed by atoms with Gasteiger partial charge < -0.3 is 9.64 Å². The topological polar surface area (TPSA) is 75.7 Å². The smallest absolute Gasteiger partial charge is 0.305 e. The molecule has 0 bridgehead atoms. The van der Waals surface area contributed by atoms with Gasteiger partial charge in [0.2, 0.25) is 10.0 Å². The van der Waals surface area contributed by atoms with E-state index < -0.39 is 10.0 Å². The molecule has 0 saturated carbocycles. The molecule has 0 radical (unpaired) electrons. The molecule has 0 aromatic heterocycles. The number of likely N-dealkylation sites (tertiary alicyclic amines) is 1. The molecule has 0 atom stereocenters. The number of hydrogen-bond acceptors (Lipinski definition) is 5. The van der Waals surface area contributed by atoms with Crippen LogP contribution < -0.4 is 4.72 Å². The van der Waals surface area contributed by atoms with Gasteiger partial charge in [0.1, 0.15) is 0 Å². The Labute approximate surface area is 109 Å². The van der Waals surface area contributed by atoms with Crippen molar-refractivity contribution in [3.8, 4) is 0 Å². The van der Waals surface area contributed by atoms with Crippen LogP contribution in [0.1, 0.15) is 25.7 Å². The number of carbonyl (C=O) groups excluding carboxylic acids is 1. The first-order valence-electron chi connectivity index (χ1n) is 6.30. The number of esters is 1. The van der Waals surface area contributed by atoms with Crippen molar-refractivity contribution in [3.05, 3.63) is 0 Å². The summed E-state index contributed by atoms with van der Waals surface area (Å²) < 4.78 is 30.2. The molecule has 1 rings (SSSR count). The summed E-state index contributed by atoms with van der Waals surface area (Å²) in [6.07, 6.45) is 2.84. The van der Waals surface area contributed by atoms with Crippen LogP contribution in [0.25, 0.3) is 0 Å². The zero-order chi connectivity index (χ0) is 13.4. The molecule has 1 aliphatic rings. The molecule has 7 heteroatoms. The highest BCUT2D eigenvalue weighted by atomic mass is 32.2. The van der Waals surface area contributed by atoms with Crippen molar-refractivity contribution in [1.82, 2.24) is 9.62 Å². The second-order valence-corrected chi connectivity index (χ2v) is 6.37. The minimum atomic E-state index is -3.26. The van der Waals surface area contributed by atoms with E-state index in [4.69, 9.17) is 0 Å². The fraction of sp³-hybridized carbons (Fsp3) is 0.909. The molecule has 0 aromatic rings. The average Bonchev–Trinajstić information content (AvgIpc) is 2.81. The lowest BCUT2D eigenvalue weighted by Crippen LogP contribution is -2.34. The van der Waals surface area contributed by atoms with Crippen molar-refractivity contribution in [2.45, 2.75) is 25.7 Å². The second-order valence-electron chi connectivity index (χ2n) is 4.44. The van der Waals surface area contributed by atoms with E-state index in [1.165, 1.54) is 20.0 Å². The summed E-state index contributed by atoms with van der Waals surface area (Å²) in [6.45, 7) is 3.32. The van der Waals surface area contributed by atoms with Crippen LogP contribution in [0, 0.1) is 0 Å². The molecule has 106 valence electrons. The summed E-state index contributed by atoms with van der Waals surface area (Å²) >= 11 is 0. The summed E-state index contributed by atoms with van der Waals surface area (Å²) in [5.41, 5.74) is 0. The van der Waals surface area contributed by atoms with Gasteiger partial charge in [-0.3, -0.25) is 4.79 Å². The number of nitrogens with one attached hydrogen (secondary N) is 1. The van der Waals surface area contributed by atoms with Crippen molar-refractivity contribution in [3.63, 3.8) is 0 Å². The Bertz CT molecular complexity index is 350. The van der Waals surface area contributed by atoms with Gasteiger partial charge in [-0.2, -0.15) is 0 Å². The lowest BCUT2D eigenvalue weighted by molar-refractivity contribution is -0.140. The zero-order valence-corrected chi connectivity index (χ0v) is 11.7. The maximum absolute atomic E-state index is 11.6. The predicted octanol–water partition coefficient (Wildman–Crippen LogP) is -0.0452. The van der Waals surface area contributed by atoms with E-state index in [0.29, 0.717) is 13.0 Å². The Morgan fingerprint density at radius 3 is 2.61 bits per heavy atom. The van der Waals surface area contributed by atoms with Crippen LogP contribution in [0.15, 0.2) is 0 Å². The number of nitrogens with zero attached hydrogens (tertiary/aromatic N) is 1. The first-order valence-corrected chi connectivity index (χ1v) is 7.95. The standard InChI is InChI=1S/C11H22N2O4S/c1-17-11(14)5-4-10-18(15,16)12-6-9-13-7-2-3-8-13/h12H,2-10H2,1H3. The first kappa shape index (κ1) is 15.4. The third kappa shape index (κ3) is 6.32. The Kier molecular flexibility index (Phi) is 6.59. The molecule has 1 N–H and O–H groups in total. The largest absolute Gasteiger partial charge is 0.469 e. The maximum atomic E-state index is 11.6. The van der Waals surface area contributed by atoms with Gasteiger partial charge in [0, 0.05) is 19.5 Å². The van der Waals surface area contributed by atoms with Gasteiger partial charge in [-0.15, -0.1) is 0 Å². The third-order valence-electron chi connectivity index (χ3n) is 2.97. The maximum Gasteiger partial charge on any atom is 0.305 e. The first-order chi connectivity index (χ1) is 8.53. The monoisotopic (exact) mass is 278 g/mol. The Morgan fingerprint density at radius 2 is 2.00 bits per heavy atom. The Morgan fingerprint density at radius 1 is 1.33 bits per heavy atom. The minimum absolute atomic E-state index is 0.0257. The number of methoxy groups -OCH3 is 1. The molecule has 0 aromatic carbocycles. The normalized spacial score (nSPS) is 16.9. The highest BCUT2D eigenvalue weighted by Crippen LogP contribution is 2.05. The van der Waals surface area contributed by atoms with E-state index in [0.717, 1.165) is 19.6 Å². The molecule has 1 saturated heterocycles. The number of rotatable bonds is 8. The van der Waals surface area contributed by atoms with E-state index in [2.05, 4.69) is 14.4 Å². The van der Waals surface area contributed by atoms with Crippen molar-refractivity contribution in [1.29, 1.82) is 0 Å².